The Labute approximate surface area is 181 Å². The number of halogens is 2. The molecule has 3 N–H and O–H groups in total. The predicted molar refractivity (Wildman–Crippen MR) is 112 cm³/mol. The van der Waals surface area contributed by atoms with E-state index in [1.807, 2.05) is 0 Å². The molecule has 0 amide bonds. The van der Waals surface area contributed by atoms with Gasteiger partial charge in [-0.05, 0) is 31.0 Å². The van der Waals surface area contributed by atoms with E-state index in [2.05, 4.69) is 4.98 Å². The average molecular weight is 444 g/mol. The minimum absolute atomic E-state index is 0.0389. The SMILES string of the molecule is CC[C@@]1(O)C(=O)OCc2c1cc1n(c2=O)Cc2c-1nc1cc(F)c(Cl)cc1c2[C@@H](C)N. The van der Waals surface area contributed by atoms with Crippen LogP contribution in [0.5, 0.6) is 0 Å². The van der Waals surface area contributed by atoms with Crippen LogP contribution in [0.3, 0.4) is 0 Å². The summed E-state index contributed by atoms with van der Waals surface area (Å²) >= 11 is 6.00. The molecule has 0 spiro atoms. The Bertz CT molecular complexity index is 1370. The first-order valence-corrected chi connectivity index (χ1v) is 10.3. The monoisotopic (exact) mass is 443 g/mol. The summed E-state index contributed by atoms with van der Waals surface area (Å²) in [4.78, 5) is 30.2. The van der Waals surface area contributed by atoms with Gasteiger partial charge in [0.15, 0.2) is 5.60 Å². The van der Waals surface area contributed by atoms with E-state index in [0.29, 0.717) is 22.3 Å². The van der Waals surface area contributed by atoms with Gasteiger partial charge in [0.2, 0.25) is 0 Å². The molecule has 0 radical (unpaired) electrons. The van der Waals surface area contributed by atoms with Gasteiger partial charge in [0.05, 0.1) is 34.0 Å². The van der Waals surface area contributed by atoms with Crippen LogP contribution < -0.4 is 11.3 Å². The van der Waals surface area contributed by atoms with Crippen molar-refractivity contribution in [1.29, 1.82) is 0 Å². The van der Waals surface area contributed by atoms with Crippen molar-refractivity contribution in [1.82, 2.24) is 9.55 Å². The number of aromatic nitrogens is 2. The molecule has 0 fully saturated rings. The molecule has 0 bridgehead atoms. The number of carbonyl (C=O) groups is 1. The minimum atomic E-state index is -1.91. The van der Waals surface area contributed by atoms with Gasteiger partial charge in [-0.2, -0.15) is 0 Å². The van der Waals surface area contributed by atoms with Gasteiger partial charge in [0.1, 0.15) is 12.4 Å². The summed E-state index contributed by atoms with van der Waals surface area (Å²) in [5.74, 6) is -1.40. The van der Waals surface area contributed by atoms with E-state index in [0.717, 1.165) is 11.1 Å². The number of esters is 1. The number of pyridine rings is 2. The first-order valence-electron chi connectivity index (χ1n) is 9.91. The second-order valence-electron chi connectivity index (χ2n) is 8.03. The highest BCUT2D eigenvalue weighted by atomic mass is 35.5. The Morgan fingerprint density at radius 1 is 1.35 bits per heavy atom. The van der Waals surface area contributed by atoms with E-state index < -0.39 is 23.4 Å². The number of ether oxygens (including phenoxy) is 1. The van der Waals surface area contributed by atoms with Crippen molar-refractivity contribution in [2.24, 2.45) is 5.73 Å². The van der Waals surface area contributed by atoms with E-state index in [4.69, 9.17) is 22.1 Å². The molecule has 0 aliphatic carbocycles. The standard InChI is InChI=1S/C22H19ClFN3O4/c1-3-22(30)13-5-17-19-11(7-27(17)20(28)12(13)8-31-21(22)29)18(9(2)25)10-4-14(23)15(24)6-16(10)26-19/h4-6,9,30H,3,7-8,25H2,1-2H3/t9-,22+/m1/s1. The zero-order valence-corrected chi connectivity index (χ0v) is 17.6. The second kappa shape index (κ2) is 6.59. The van der Waals surface area contributed by atoms with Gasteiger partial charge >= 0.3 is 5.97 Å². The number of aliphatic hydroxyl groups is 1. The number of benzene rings is 1. The number of carbonyl (C=O) groups excluding carboxylic acids is 1. The molecule has 4 heterocycles. The number of rotatable bonds is 2. The number of nitrogens with zero attached hydrogens (tertiary/aromatic N) is 2. The fourth-order valence-corrected chi connectivity index (χ4v) is 4.79. The topological polar surface area (TPSA) is 107 Å². The van der Waals surface area contributed by atoms with Crippen molar-refractivity contribution in [3.8, 4) is 11.4 Å². The predicted octanol–water partition coefficient (Wildman–Crippen LogP) is 2.89. The molecule has 31 heavy (non-hydrogen) atoms. The van der Waals surface area contributed by atoms with Crippen LogP contribution in [0.4, 0.5) is 4.39 Å². The molecule has 9 heteroatoms. The summed E-state index contributed by atoms with van der Waals surface area (Å²) in [6.45, 7) is 3.44. The first kappa shape index (κ1) is 20.1. The summed E-state index contributed by atoms with van der Waals surface area (Å²) in [5, 5.41) is 11.5. The van der Waals surface area contributed by atoms with Crippen molar-refractivity contribution >= 4 is 28.5 Å². The Balaban J connectivity index is 1.86. The third-order valence-corrected chi connectivity index (χ3v) is 6.52. The molecule has 160 valence electrons. The van der Waals surface area contributed by atoms with Crippen LogP contribution in [0, 0.1) is 5.82 Å². The Morgan fingerprint density at radius 2 is 2.10 bits per heavy atom. The van der Waals surface area contributed by atoms with Gasteiger partial charge in [0.25, 0.3) is 5.56 Å². The fraction of sp³-hybridized carbons (Fsp3) is 0.318. The normalized spacial score (nSPS) is 20.3. The van der Waals surface area contributed by atoms with Crippen LogP contribution in [0.1, 0.15) is 48.6 Å². The van der Waals surface area contributed by atoms with Crippen LogP contribution in [-0.4, -0.2) is 20.6 Å². The summed E-state index contributed by atoms with van der Waals surface area (Å²) < 4.78 is 20.8. The molecule has 2 atom stereocenters. The van der Waals surface area contributed by atoms with Gasteiger partial charge in [-0.15, -0.1) is 0 Å². The molecule has 5 rings (SSSR count). The van der Waals surface area contributed by atoms with E-state index in [-0.39, 0.29) is 41.3 Å². The smallest absolute Gasteiger partial charge is 0.343 e. The molecule has 0 saturated carbocycles. The average Bonchev–Trinajstić information content (AvgIpc) is 3.08. The lowest BCUT2D eigenvalue weighted by molar-refractivity contribution is -0.172. The highest BCUT2D eigenvalue weighted by molar-refractivity contribution is 6.31. The van der Waals surface area contributed by atoms with Gasteiger partial charge in [-0.25, -0.2) is 14.2 Å². The summed E-state index contributed by atoms with van der Waals surface area (Å²) in [7, 11) is 0. The summed E-state index contributed by atoms with van der Waals surface area (Å²) in [6.07, 6.45) is 0.0501. The summed E-state index contributed by atoms with van der Waals surface area (Å²) in [5.41, 5.74) is 7.18. The Kier molecular flexibility index (Phi) is 4.28. The molecule has 0 saturated heterocycles. The highest BCUT2D eigenvalue weighted by Gasteiger charge is 2.45. The van der Waals surface area contributed by atoms with Crippen LogP contribution in [0.25, 0.3) is 22.3 Å². The Hall–Kier alpha value is -2.81. The molecule has 3 aromatic rings. The van der Waals surface area contributed by atoms with E-state index in [9.17, 15) is 19.1 Å². The minimum Gasteiger partial charge on any atom is -0.458 e. The molecule has 2 aliphatic rings. The molecule has 2 aliphatic heterocycles. The molecular weight excluding hydrogens is 425 g/mol. The van der Waals surface area contributed by atoms with Crippen molar-refractivity contribution in [2.75, 3.05) is 0 Å². The van der Waals surface area contributed by atoms with Crippen LogP contribution >= 0.6 is 11.6 Å². The Morgan fingerprint density at radius 3 is 2.77 bits per heavy atom. The van der Waals surface area contributed by atoms with Crippen molar-refractivity contribution in [2.45, 2.75) is 45.1 Å². The van der Waals surface area contributed by atoms with Gasteiger partial charge in [-0.3, -0.25) is 4.79 Å². The van der Waals surface area contributed by atoms with Gasteiger partial charge in [-0.1, -0.05) is 18.5 Å². The van der Waals surface area contributed by atoms with E-state index in [1.54, 1.807) is 19.9 Å². The zero-order valence-electron chi connectivity index (χ0n) is 16.8. The van der Waals surface area contributed by atoms with Crippen LogP contribution in [-0.2, 0) is 28.3 Å². The first-order chi connectivity index (χ1) is 14.7. The number of nitrogens with two attached hydrogens (primary N) is 1. The van der Waals surface area contributed by atoms with Crippen molar-refractivity contribution in [3.63, 3.8) is 0 Å². The molecule has 1 aromatic carbocycles. The van der Waals surface area contributed by atoms with E-state index >= 15 is 0 Å². The zero-order chi connectivity index (χ0) is 22.2. The molecule has 7 nitrogen and oxygen atoms in total. The van der Waals surface area contributed by atoms with E-state index in [1.165, 1.54) is 16.7 Å². The maximum atomic E-state index is 14.2. The van der Waals surface area contributed by atoms with Crippen LogP contribution in [0.15, 0.2) is 23.0 Å². The molecule has 2 aromatic heterocycles. The lowest BCUT2D eigenvalue weighted by Crippen LogP contribution is -2.44. The van der Waals surface area contributed by atoms with Crippen LogP contribution in [0.2, 0.25) is 5.02 Å². The lowest BCUT2D eigenvalue weighted by Gasteiger charge is -2.31. The number of fused-ring (bicyclic) bond motifs is 5. The number of cyclic esters (lactones) is 1. The largest absolute Gasteiger partial charge is 0.458 e. The fourth-order valence-electron chi connectivity index (χ4n) is 4.63. The number of hydrogen-bond acceptors (Lipinski definition) is 6. The maximum absolute atomic E-state index is 14.2. The quantitative estimate of drug-likeness (QED) is 0.461. The molecular formula is C22H19ClFN3O4. The second-order valence-corrected chi connectivity index (χ2v) is 8.44. The van der Waals surface area contributed by atoms with Crippen molar-refractivity contribution < 1.29 is 19.0 Å². The van der Waals surface area contributed by atoms with Gasteiger partial charge in [0, 0.05) is 28.6 Å². The third kappa shape index (κ3) is 2.62. The van der Waals surface area contributed by atoms with Crippen molar-refractivity contribution in [3.05, 3.63) is 61.6 Å². The van der Waals surface area contributed by atoms with Gasteiger partial charge < -0.3 is 20.1 Å². The third-order valence-electron chi connectivity index (χ3n) is 6.23. The number of hydrogen-bond donors (Lipinski definition) is 2. The molecule has 0 unspecified atom stereocenters. The highest BCUT2D eigenvalue weighted by Crippen LogP contribution is 2.41. The summed E-state index contributed by atoms with van der Waals surface area (Å²) in [6, 6.07) is 3.92. The lowest BCUT2D eigenvalue weighted by atomic mass is 9.86. The maximum Gasteiger partial charge on any atom is 0.343 e.